The average Bonchev–Trinajstić information content (AvgIpc) is 3.21. The summed E-state index contributed by atoms with van der Waals surface area (Å²) in [4.78, 5) is 11.0. The lowest BCUT2D eigenvalue weighted by molar-refractivity contribution is -0.00461. The Morgan fingerprint density at radius 2 is 2.04 bits per heavy atom. The van der Waals surface area contributed by atoms with E-state index in [2.05, 4.69) is 25.3 Å². The Kier molecular flexibility index (Phi) is 5.68. The molecule has 1 N–H and O–H groups in total. The van der Waals surface area contributed by atoms with Crippen molar-refractivity contribution in [3.05, 3.63) is 36.1 Å². The van der Waals surface area contributed by atoms with Crippen LogP contribution in [0, 0.1) is 0 Å². The van der Waals surface area contributed by atoms with Crippen LogP contribution >= 0.6 is 11.8 Å². The van der Waals surface area contributed by atoms with Crippen molar-refractivity contribution in [3.63, 3.8) is 0 Å². The van der Waals surface area contributed by atoms with Gasteiger partial charge in [-0.2, -0.15) is 16.7 Å². The van der Waals surface area contributed by atoms with E-state index in [0.29, 0.717) is 25.6 Å². The number of fused-ring (bicyclic) bond motifs is 1. The number of nitrogens with zero attached hydrogens (tertiary/aromatic N) is 4. The van der Waals surface area contributed by atoms with Crippen molar-refractivity contribution in [2.24, 2.45) is 0 Å². The van der Waals surface area contributed by atoms with E-state index < -0.39 is 0 Å². The molecule has 9 heteroatoms. The zero-order valence-electron chi connectivity index (χ0n) is 14.7. The number of thioether (sulfide) groups is 1. The van der Waals surface area contributed by atoms with Crippen molar-refractivity contribution < 1.29 is 14.0 Å². The first-order valence-corrected chi connectivity index (χ1v) is 10.1. The lowest BCUT2D eigenvalue weighted by atomic mass is 10.3. The topological polar surface area (TPSA) is 85.5 Å². The van der Waals surface area contributed by atoms with E-state index in [1.54, 1.807) is 18.0 Å². The standard InChI is InChI=1S/C17H23N5O3S/c1-26-11-16-20-17(25-21-16)8-22-6-13-14(7-22)24-10-12(9-23-13)19-15-4-2-3-5-18-15/h2-5,12-14H,6-11H2,1H3,(H,18,19)/t13-,14-/m0/s1. The summed E-state index contributed by atoms with van der Waals surface area (Å²) < 4.78 is 17.5. The SMILES string of the molecule is CSCc1noc(CN2C[C@@H]3OCC(Nc4ccccn4)CO[C@H]3C2)n1. The number of ether oxygens (including phenoxy) is 2. The number of nitrogens with one attached hydrogen (secondary N) is 1. The Balaban J connectivity index is 1.28. The molecule has 2 aliphatic rings. The second-order valence-corrected chi connectivity index (χ2v) is 7.40. The number of pyridine rings is 1. The molecule has 8 nitrogen and oxygen atoms in total. The summed E-state index contributed by atoms with van der Waals surface area (Å²) in [6.45, 7) is 3.45. The highest BCUT2D eigenvalue weighted by atomic mass is 32.2. The minimum Gasteiger partial charge on any atom is -0.372 e. The fourth-order valence-electron chi connectivity index (χ4n) is 3.27. The normalized spacial score (nSPS) is 24.3. The van der Waals surface area contributed by atoms with Gasteiger partial charge in [-0.3, -0.25) is 4.90 Å². The minimum absolute atomic E-state index is 0.0686. The van der Waals surface area contributed by atoms with E-state index in [9.17, 15) is 0 Å². The number of likely N-dealkylation sites (tertiary alicyclic amines) is 1. The van der Waals surface area contributed by atoms with Gasteiger partial charge in [-0.1, -0.05) is 11.2 Å². The molecule has 0 spiro atoms. The molecule has 2 aliphatic heterocycles. The monoisotopic (exact) mass is 377 g/mol. The van der Waals surface area contributed by atoms with Gasteiger partial charge in [0.05, 0.1) is 43.8 Å². The largest absolute Gasteiger partial charge is 0.372 e. The fourth-order valence-corrected chi connectivity index (χ4v) is 3.64. The molecule has 0 bridgehead atoms. The van der Waals surface area contributed by atoms with Crippen LogP contribution in [0.2, 0.25) is 0 Å². The smallest absolute Gasteiger partial charge is 0.240 e. The lowest BCUT2D eigenvalue weighted by Gasteiger charge is -2.18. The molecule has 2 aromatic heterocycles. The predicted molar refractivity (Wildman–Crippen MR) is 97.9 cm³/mol. The van der Waals surface area contributed by atoms with Crippen LogP contribution < -0.4 is 5.32 Å². The summed E-state index contributed by atoms with van der Waals surface area (Å²) in [5, 5.41) is 7.36. The van der Waals surface area contributed by atoms with Crippen molar-refractivity contribution in [1.82, 2.24) is 20.0 Å². The van der Waals surface area contributed by atoms with Gasteiger partial charge < -0.3 is 19.3 Å². The van der Waals surface area contributed by atoms with Crippen LogP contribution in [0.5, 0.6) is 0 Å². The van der Waals surface area contributed by atoms with E-state index in [1.807, 2.05) is 24.5 Å². The Labute approximate surface area is 156 Å². The van der Waals surface area contributed by atoms with Gasteiger partial charge in [0.1, 0.15) is 5.82 Å². The number of rotatable bonds is 6. The van der Waals surface area contributed by atoms with Crippen LogP contribution in [0.3, 0.4) is 0 Å². The highest BCUT2D eigenvalue weighted by Gasteiger charge is 2.37. The van der Waals surface area contributed by atoms with Crippen LogP contribution in [-0.4, -0.2) is 70.8 Å². The van der Waals surface area contributed by atoms with Gasteiger partial charge in [-0.25, -0.2) is 4.98 Å². The van der Waals surface area contributed by atoms with Gasteiger partial charge in [-0.15, -0.1) is 0 Å². The van der Waals surface area contributed by atoms with Crippen LogP contribution in [0.4, 0.5) is 5.82 Å². The third kappa shape index (κ3) is 4.35. The second kappa shape index (κ2) is 8.34. The molecule has 0 unspecified atom stereocenters. The van der Waals surface area contributed by atoms with Crippen molar-refractivity contribution in [2.45, 2.75) is 30.5 Å². The van der Waals surface area contributed by atoms with E-state index in [0.717, 1.165) is 30.5 Å². The van der Waals surface area contributed by atoms with E-state index in [1.165, 1.54) is 0 Å². The molecule has 0 aliphatic carbocycles. The number of anilines is 1. The first-order valence-electron chi connectivity index (χ1n) is 8.73. The van der Waals surface area contributed by atoms with E-state index in [-0.39, 0.29) is 18.2 Å². The lowest BCUT2D eigenvalue weighted by Crippen LogP contribution is -2.31. The quantitative estimate of drug-likeness (QED) is 0.803. The van der Waals surface area contributed by atoms with Crippen LogP contribution in [0.1, 0.15) is 11.7 Å². The Morgan fingerprint density at radius 3 is 2.73 bits per heavy atom. The average molecular weight is 377 g/mol. The van der Waals surface area contributed by atoms with Crippen LogP contribution in [-0.2, 0) is 21.8 Å². The van der Waals surface area contributed by atoms with Crippen molar-refractivity contribution in [2.75, 3.05) is 37.9 Å². The van der Waals surface area contributed by atoms with Gasteiger partial charge >= 0.3 is 0 Å². The highest BCUT2D eigenvalue weighted by Crippen LogP contribution is 2.22. The van der Waals surface area contributed by atoms with Crippen molar-refractivity contribution >= 4 is 17.6 Å². The fraction of sp³-hybridized carbons (Fsp3) is 0.588. The molecule has 4 heterocycles. The molecule has 26 heavy (non-hydrogen) atoms. The van der Waals surface area contributed by atoms with Gasteiger partial charge in [0.25, 0.3) is 0 Å². The Hall–Kier alpha value is -1.68. The van der Waals surface area contributed by atoms with Gasteiger partial charge in [0.15, 0.2) is 5.82 Å². The van der Waals surface area contributed by atoms with E-state index >= 15 is 0 Å². The maximum Gasteiger partial charge on any atom is 0.240 e. The first-order chi connectivity index (χ1) is 12.8. The molecule has 0 saturated carbocycles. The van der Waals surface area contributed by atoms with Gasteiger partial charge in [0, 0.05) is 19.3 Å². The summed E-state index contributed by atoms with van der Waals surface area (Å²) in [6, 6.07) is 5.91. The Bertz CT molecular complexity index is 685. The molecule has 2 atom stereocenters. The third-order valence-electron chi connectivity index (χ3n) is 4.47. The molecule has 0 amide bonds. The van der Waals surface area contributed by atoms with Gasteiger partial charge in [-0.05, 0) is 18.4 Å². The molecule has 2 aromatic rings. The van der Waals surface area contributed by atoms with E-state index in [4.69, 9.17) is 14.0 Å². The zero-order chi connectivity index (χ0) is 17.8. The third-order valence-corrected chi connectivity index (χ3v) is 5.02. The summed E-state index contributed by atoms with van der Waals surface area (Å²) in [5.74, 6) is 3.01. The molecular weight excluding hydrogens is 354 g/mol. The Morgan fingerprint density at radius 1 is 1.23 bits per heavy atom. The number of hydrogen-bond donors (Lipinski definition) is 1. The molecule has 4 rings (SSSR count). The zero-order valence-corrected chi connectivity index (χ0v) is 15.5. The number of aromatic nitrogens is 3. The highest BCUT2D eigenvalue weighted by molar-refractivity contribution is 7.97. The van der Waals surface area contributed by atoms with Crippen molar-refractivity contribution in [3.8, 4) is 0 Å². The summed E-state index contributed by atoms with van der Waals surface area (Å²) >= 11 is 1.68. The maximum atomic E-state index is 6.10. The predicted octanol–water partition coefficient (Wildman–Crippen LogP) is 1.41. The maximum absolute atomic E-state index is 6.10. The molecule has 2 saturated heterocycles. The molecule has 0 radical (unpaired) electrons. The molecule has 2 fully saturated rings. The second-order valence-electron chi connectivity index (χ2n) is 6.53. The summed E-state index contributed by atoms with van der Waals surface area (Å²) in [7, 11) is 0. The van der Waals surface area contributed by atoms with Crippen molar-refractivity contribution in [1.29, 1.82) is 0 Å². The first kappa shape index (κ1) is 17.7. The molecule has 0 aromatic carbocycles. The molecule has 140 valence electrons. The molecular formula is C17H23N5O3S. The van der Waals surface area contributed by atoms with Crippen LogP contribution in [0.25, 0.3) is 0 Å². The van der Waals surface area contributed by atoms with Gasteiger partial charge in [0.2, 0.25) is 5.89 Å². The number of hydrogen-bond acceptors (Lipinski definition) is 9. The van der Waals surface area contributed by atoms with Crippen LogP contribution in [0.15, 0.2) is 28.9 Å². The summed E-state index contributed by atoms with van der Waals surface area (Å²) in [5.41, 5.74) is 0. The summed E-state index contributed by atoms with van der Waals surface area (Å²) in [6.07, 6.45) is 3.93. The minimum atomic E-state index is 0.0686.